The van der Waals surface area contributed by atoms with Gasteiger partial charge in [0, 0.05) is 23.1 Å². The zero-order valence-corrected chi connectivity index (χ0v) is 10.7. The standard InChI is InChI=1S/C14H11N3O3/c1-9-12-8-15-16-13(12)6-7-14(9)20-11-4-2-10(3-5-11)17(18)19/h2-8H,1H3,(H,15,16). The number of ether oxygens (including phenoxy) is 1. The van der Waals surface area contributed by atoms with Gasteiger partial charge in [-0.3, -0.25) is 15.2 Å². The molecule has 0 saturated heterocycles. The molecule has 3 aromatic rings. The molecule has 0 aliphatic rings. The van der Waals surface area contributed by atoms with Crippen LogP contribution in [0.15, 0.2) is 42.6 Å². The number of hydrogen-bond acceptors (Lipinski definition) is 4. The van der Waals surface area contributed by atoms with Gasteiger partial charge in [-0.15, -0.1) is 0 Å². The molecule has 0 atom stereocenters. The Morgan fingerprint density at radius 3 is 2.65 bits per heavy atom. The summed E-state index contributed by atoms with van der Waals surface area (Å²) in [4.78, 5) is 10.2. The van der Waals surface area contributed by atoms with Crippen LogP contribution < -0.4 is 4.74 Å². The van der Waals surface area contributed by atoms with Crippen LogP contribution in [0.2, 0.25) is 0 Å². The molecule has 2 aromatic carbocycles. The number of non-ortho nitro benzene ring substituents is 1. The van der Waals surface area contributed by atoms with E-state index in [2.05, 4.69) is 10.2 Å². The van der Waals surface area contributed by atoms with E-state index in [1.807, 2.05) is 19.1 Å². The first kappa shape index (κ1) is 12.2. The number of nitro benzene ring substituents is 1. The Morgan fingerprint density at radius 2 is 1.95 bits per heavy atom. The van der Waals surface area contributed by atoms with E-state index in [1.165, 1.54) is 12.1 Å². The molecule has 0 amide bonds. The van der Waals surface area contributed by atoms with Gasteiger partial charge < -0.3 is 4.74 Å². The quantitative estimate of drug-likeness (QED) is 0.582. The highest BCUT2D eigenvalue weighted by Crippen LogP contribution is 2.30. The van der Waals surface area contributed by atoms with E-state index in [1.54, 1.807) is 18.3 Å². The Bertz CT molecular complexity index is 778. The molecule has 3 rings (SSSR count). The number of nitro groups is 1. The molecule has 6 heteroatoms. The zero-order chi connectivity index (χ0) is 14.1. The third-order valence-electron chi connectivity index (χ3n) is 3.12. The number of aryl methyl sites for hydroxylation is 1. The zero-order valence-electron chi connectivity index (χ0n) is 10.7. The van der Waals surface area contributed by atoms with Gasteiger partial charge >= 0.3 is 0 Å². The first-order valence-corrected chi connectivity index (χ1v) is 6.00. The van der Waals surface area contributed by atoms with Crippen LogP contribution in [0.25, 0.3) is 10.9 Å². The highest BCUT2D eigenvalue weighted by Gasteiger charge is 2.09. The summed E-state index contributed by atoms with van der Waals surface area (Å²) in [6.45, 7) is 1.94. The summed E-state index contributed by atoms with van der Waals surface area (Å²) in [5.74, 6) is 1.26. The molecule has 0 radical (unpaired) electrons. The minimum Gasteiger partial charge on any atom is -0.457 e. The normalized spacial score (nSPS) is 10.7. The van der Waals surface area contributed by atoms with E-state index in [0.29, 0.717) is 11.5 Å². The maximum Gasteiger partial charge on any atom is 0.269 e. The number of fused-ring (bicyclic) bond motifs is 1. The van der Waals surface area contributed by atoms with Crippen LogP contribution in [0.5, 0.6) is 11.5 Å². The minimum atomic E-state index is -0.438. The molecule has 0 unspecified atom stereocenters. The number of hydrogen-bond donors (Lipinski definition) is 1. The lowest BCUT2D eigenvalue weighted by Gasteiger charge is -2.09. The van der Waals surface area contributed by atoms with Gasteiger partial charge in [-0.25, -0.2) is 0 Å². The molecule has 1 heterocycles. The fraction of sp³-hybridized carbons (Fsp3) is 0.0714. The van der Waals surface area contributed by atoms with Crippen molar-refractivity contribution in [2.45, 2.75) is 6.92 Å². The minimum absolute atomic E-state index is 0.0411. The van der Waals surface area contributed by atoms with Gasteiger partial charge in [0.1, 0.15) is 11.5 Å². The van der Waals surface area contributed by atoms with Crippen molar-refractivity contribution in [2.75, 3.05) is 0 Å². The molecule has 0 saturated carbocycles. The van der Waals surface area contributed by atoms with Crippen LogP contribution >= 0.6 is 0 Å². The fourth-order valence-corrected chi connectivity index (χ4v) is 2.01. The molecule has 0 aliphatic heterocycles. The molecular weight excluding hydrogens is 258 g/mol. The summed E-state index contributed by atoms with van der Waals surface area (Å²) in [6, 6.07) is 9.73. The van der Waals surface area contributed by atoms with Crippen molar-refractivity contribution in [1.82, 2.24) is 10.2 Å². The summed E-state index contributed by atoms with van der Waals surface area (Å²) in [6.07, 6.45) is 1.74. The van der Waals surface area contributed by atoms with E-state index in [9.17, 15) is 10.1 Å². The van der Waals surface area contributed by atoms with Crippen molar-refractivity contribution in [2.24, 2.45) is 0 Å². The van der Waals surface area contributed by atoms with Crippen LogP contribution in [0.4, 0.5) is 5.69 Å². The van der Waals surface area contributed by atoms with E-state index in [-0.39, 0.29) is 5.69 Å². The summed E-state index contributed by atoms with van der Waals surface area (Å²) in [7, 11) is 0. The third kappa shape index (κ3) is 2.07. The lowest BCUT2D eigenvalue weighted by molar-refractivity contribution is -0.384. The molecule has 0 aliphatic carbocycles. The molecule has 20 heavy (non-hydrogen) atoms. The summed E-state index contributed by atoms with van der Waals surface area (Å²) >= 11 is 0. The summed E-state index contributed by atoms with van der Waals surface area (Å²) < 4.78 is 5.76. The largest absolute Gasteiger partial charge is 0.457 e. The number of aromatic nitrogens is 2. The van der Waals surface area contributed by atoms with Crippen molar-refractivity contribution < 1.29 is 9.66 Å². The van der Waals surface area contributed by atoms with Gasteiger partial charge in [-0.1, -0.05) is 0 Å². The Labute approximate surface area is 114 Å². The molecular formula is C14H11N3O3. The Balaban J connectivity index is 1.92. The van der Waals surface area contributed by atoms with Gasteiger partial charge in [0.25, 0.3) is 5.69 Å². The molecule has 0 fully saturated rings. The van der Waals surface area contributed by atoms with Gasteiger partial charge in [-0.2, -0.15) is 5.10 Å². The highest BCUT2D eigenvalue weighted by atomic mass is 16.6. The second kappa shape index (κ2) is 4.65. The van der Waals surface area contributed by atoms with Crippen LogP contribution in [0.1, 0.15) is 5.56 Å². The van der Waals surface area contributed by atoms with E-state index >= 15 is 0 Å². The first-order valence-electron chi connectivity index (χ1n) is 6.00. The second-order valence-corrected chi connectivity index (χ2v) is 4.37. The topological polar surface area (TPSA) is 81.0 Å². The van der Waals surface area contributed by atoms with Gasteiger partial charge in [0.05, 0.1) is 16.6 Å². The first-order chi connectivity index (χ1) is 9.65. The van der Waals surface area contributed by atoms with Crippen LogP contribution in [0.3, 0.4) is 0 Å². The van der Waals surface area contributed by atoms with Crippen LogP contribution in [-0.2, 0) is 0 Å². The Morgan fingerprint density at radius 1 is 1.20 bits per heavy atom. The number of rotatable bonds is 3. The van der Waals surface area contributed by atoms with E-state index in [0.717, 1.165) is 16.5 Å². The van der Waals surface area contributed by atoms with E-state index < -0.39 is 4.92 Å². The number of aromatic amines is 1. The molecule has 0 bridgehead atoms. The molecule has 1 N–H and O–H groups in total. The van der Waals surface area contributed by atoms with E-state index in [4.69, 9.17) is 4.74 Å². The lowest BCUT2D eigenvalue weighted by Crippen LogP contribution is -1.90. The number of nitrogens with one attached hydrogen (secondary N) is 1. The van der Waals surface area contributed by atoms with Crippen LogP contribution in [-0.4, -0.2) is 15.1 Å². The monoisotopic (exact) mass is 269 g/mol. The predicted octanol–water partition coefficient (Wildman–Crippen LogP) is 3.57. The molecule has 100 valence electrons. The molecule has 1 aromatic heterocycles. The average Bonchev–Trinajstić information content (AvgIpc) is 2.92. The Kier molecular flexibility index (Phi) is 2.83. The SMILES string of the molecule is Cc1c(Oc2ccc([N+](=O)[O-])cc2)ccc2[nH]ncc12. The van der Waals surface area contributed by atoms with Crippen LogP contribution in [0, 0.1) is 17.0 Å². The maximum absolute atomic E-state index is 10.6. The highest BCUT2D eigenvalue weighted by molar-refractivity contribution is 5.83. The van der Waals surface area contributed by atoms with Crippen molar-refractivity contribution >= 4 is 16.6 Å². The van der Waals surface area contributed by atoms with Gasteiger partial charge in [0.15, 0.2) is 0 Å². The average molecular weight is 269 g/mol. The predicted molar refractivity (Wildman–Crippen MR) is 74.0 cm³/mol. The Hall–Kier alpha value is -2.89. The lowest BCUT2D eigenvalue weighted by atomic mass is 10.1. The number of nitrogens with zero attached hydrogens (tertiary/aromatic N) is 2. The maximum atomic E-state index is 10.6. The second-order valence-electron chi connectivity index (χ2n) is 4.37. The number of H-pyrrole nitrogens is 1. The molecule has 0 spiro atoms. The summed E-state index contributed by atoms with van der Waals surface area (Å²) in [5.41, 5.74) is 1.95. The van der Waals surface area contributed by atoms with Gasteiger partial charge in [-0.05, 0) is 31.2 Å². The van der Waals surface area contributed by atoms with Crippen molar-refractivity contribution in [3.63, 3.8) is 0 Å². The molecule has 6 nitrogen and oxygen atoms in total. The number of benzene rings is 2. The van der Waals surface area contributed by atoms with Crippen molar-refractivity contribution in [1.29, 1.82) is 0 Å². The fourth-order valence-electron chi connectivity index (χ4n) is 2.01. The summed E-state index contributed by atoms with van der Waals surface area (Å²) in [5, 5.41) is 18.5. The van der Waals surface area contributed by atoms with Crippen molar-refractivity contribution in [3.05, 3.63) is 58.3 Å². The van der Waals surface area contributed by atoms with Crippen molar-refractivity contribution in [3.8, 4) is 11.5 Å². The smallest absolute Gasteiger partial charge is 0.269 e. The third-order valence-corrected chi connectivity index (χ3v) is 3.12. The van der Waals surface area contributed by atoms with Gasteiger partial charge in [0.2, 0.25) is 0 Å².